The first-order chi connectivity index (χ1) is 7.74. The van der Waals surface area contributed by atoms with Crippen molar-refractivity contribution in [2.45, 2.75) is 12.3 Å². The van der Waals surface area contributed by atoms with Gasteiger partial charge in [0.05, 0.1) is 5.02 Å². The molecule has 1 atom stereocenters. The van der Waals surface area contributed by atoms with Crippen molar-refractivity contribution < 1.29 is 0 Å². The molecule has 3 heterocycles. The molecular formula is C11H13ClN4. The average Bonchev–Trinajstić information content (AvgIpc) is 2.84. The van der Waals surface area contributed by atoms with Crippen molar-refractivity contribution in [1.82, 2.24) is 19.5 Å². The molecular weight excluding hydrogens is 224 g/mol. The molecule has 1 aliphatic heterocycles. The zero-order chi connectivity index (χ0) is 11.1. The number of nitrogens with zero attached hydrogens (tertiary/aromatic N) is 4. The standard InChI is InChI=1S/C11H13ClN4/c1-15-6-4-8(7-15)10-13-11-9(12)3-2-5-16(11)14-10/h2-3,5,8H,4,6-7H2,1H3. The fourth-order valence-corrected chi connectivity index (χ4v) is 2.41. The molecule has 0 radical (unpaired) electrons. The Bertz CT molecular complexity index is 522. The summed E-state index contributed by atoms with van der Waals surface area (Å²) < 4.78 is 1.76. The largest absolute Gasteiger partial charge is 0.306 e. The summed E-state index contributed by atoms with van der Waals surface area (Å²) in [5, 5.41) is 5.14. The summed E-state index contributed by atoms with van der Waals surface area (Å²) in [6.07, 6.45) is 3.02. The van der Waals surface area contributed by atoms with Crippen molar-refractivity contribution in [1.29, 1.82) is 0 Å². The molecule has 1 fully saturated rings. The van der Waals surface area contributed by atoms with Crippen molar-refractivity contribution in [3.8, 4) is 0 Å². The van der Waals surface area contributed by atoms with Gasteiger partial charge in [-0.25, -0.2) is 9.50 Å². The average molecular weight is 237 g/mol. The van der Waals surface area contributed by atoms with E-state index < -0.39 is 0 Å². The monoisotopic (exact) mass is 236 g/mol. The molecule has 3 rings (SSSR count). The van der Waals surface area contributed by atoms with Gasteiger partial charge in [-0.1, -0.05) is 11.6 Å². The maximum absolute atomic E-state index is 6.07. The van der Waals surface area contributed by atoms with E-state index in [-0.39, 0.29) is 0 Å². The van der Waals surface area contributed by atoms with Crippen LogP contribution in [0.1, 0.15) is 18.2 Å². The Morgan fingerprint density at radius 3 is 3.06 bits per heavy atom. The molecule has 1 aliphatic rings. The second kappa shape index (κ2) is 3.71. The number of aromatic nitrogens is 3. The SMILES string of the molecule is CN1CCC(c2nc3c(Cl)cccn3n2)C1. The molecule has 0 aromatic carbocycles. The van der Waals surface area contributed by atoms with Crippen LogP contribution in [0, 0.1) is 0 Å². The van der Waals surface area contributed by atoms with Crippen molar-refractivity contribution in [2.75, 3.05) is 20.1 Å². The van der Waals surface area contributed by atoms with E-state index in [0.29, 0.717) is 10.9 Å². The van der Waals surface area contributed by atoms with Crippen LogP contribution in [0.4, 0.5) is 0 Å². The van der Waals surface area contributed by atoms with E-state index in [2.05, 4.69) is 22.0 Å². The van der Waals surface area contributed by atoms with E-state index in [9.17, 15) is 0 Å². The third kappa shape index (κ3) is 1.58. The zero-order valence-corrected chi connectivity index (χ0v) is 9.85. The number of hydrogen-bond donors (Lipinski definition) is 0. The molecule has 1 unspecified atom stereocenters. The van der Waals surface area contributed by atoms with Crippen LogP contribution in [0.2, 0.25) is 5.02 Å². The number of pyridine rings is 1. The lowest BCUT2D eigenvalue weighted by Crippen LogP contribution is -2.13. The molecule has 0 N–H and O–H groups in total. The summed E-state index contributed by atoms with van der Waals surface area (Å²) in [6, 6.07) is 3.73. The maximum atomic E-state index is 6.07. The third-order valence-corrected chi connectivity index (χ3v) is 3.38. The van der Waals surface area contributed by atoms with Crippen LogP contribution in [0.15, 0.2) is 18.3 Å². The first-order valence-electron chi connectivity index (χ1n) is 5.43. The molecule has 4 nitrogen and oxygen atoms in total. The van der Waals surface area contributed by atoms with Gasteiger partial charge in [-0.15, -0.1) is 0 Å². The van der Waals surface area contributed by atoms with Crippen molar-refractivity contribution in [2.24, 2.45) is 0 Å². The van der Waals surface area contributed by atoms with Gasteiger partial charge in [0.2, 0.25) is 0 Å². The number of halogens is 1. The second-order valence-corrected chi connectivity index (χ2v) is 4.75. The summed E-state index contributed by atoms with van der Waals surface area (Å²) in [6.45, 7) is 2.16. The van der Waals surface area contributed by atoms with Gasteiger partial charge in [0.1, 0.15) is 0 Å². The molecule has 5 heteroatoms. The minimum Gasteiger partial charge on any atom is -0.306 e. The van der Waals surface area contributed by atoms with Crippen LogP contribution in [-0.4, -0.2) is 39.6 Å². The Balaban J connectivity index is 2.02. The molecule has 84 valence electrons. The molecule has 2 aromatic rings. The molecule has 0 saturated carbocycles. The first kappa shape index (κ1) is 10.1. The van der Waals surface area contributed by atoms with Gasteiger partial charge in [-0.3, -0.25) is 0 Å². The Kier molecular flexibility index (Phi) is 2.33. The molecule has 0 aliphatic carbocycles. The fraction of sp³-hybridized carbons (Fsp3) is 0.455. The molecule has 0 amide bonds. The Labute approximate surface area is 98.8 Å². The van der Waals surface area contributed by atoms with Gasteiger partial charge in [-0.2, -0.15) is 5.10 Å². The summed E-state index contributed by atoms with van der Waals surface area (Å²) in [7, 11) is 2.13. The lowest BCUT2D eigenvalue weighted by atomic mass is 10.1. The summed E-state index contributed by atoms with van der Waals surface area (Å²) in [5.74, 6) is 1.36. The van der Waals surface area contributed by atoms with E-state index in [4.69, 9.17) is 11.6 Å². The summed E-state index contributed by atoms with van der Waals surface area (Å²) in [4.78, 5) is 6.83. The predicted octanol–water partition coefficient (Wildman–Crippen LogP) is 1.80. The minimum absolute atomic E-state index is 0.445. The van der Waals surface area contributed by atoms with Gasteiger partial charge < -0.3 is 4.90 Å². The highest BCUT2D eigenvalue weighted by Gasteiger charge is 2.25. The number of fused-ring (bicyclic) bond motifs is 1. The van der Waals surface area contributed by atoms with E-state index in [1.54, 1.807) is 4.52 Å². The first-order valence-corrected chi connectivity index (χ1v) is 5.81. The molecule has 0 spiro atoms. The van der Waals surface area contributed by atoms with Gasteiger partial charge in [0.15, 0.2) is 11.5 Å². The fourth-order valence-electron chi connectivity index (χ4n) is 2.21. The van der Waals surface area contributed by atoms with Crippen LogP contribution in [0.25, 0.3) is 5.65 Å². The van der Waals surface area contributed by atoms with Gasteiger partial charge in [-0.05, 0) is 32.1 Å². The van der Waals surface area contributed by atoms with Gasteiger partial charge in [0.25, 0.3) is 0 Å². The topological polar surface area (TPSA) is 33.4 Å². The Morgan fingerprint density at radius 2 is 2.38 bits per heavy atom. The molecule has 2 aromatic heterocycles. The smallest absolute Gasteiger partial charge is 0.174 e. The lowest BCUT2D eigenvalue weighted by molar-refractivity contribution is 0.409. The number of likely N-dealkylation sites (N-methyl/N-ethyl adjacent to an activating group) is 1. The minimum atomic E-state index is 0.445. The Morgan fingerprint density at radius 1 is 1.50 bits per heavy atom. The quantitative estimate of drug-likeness (QED) is 0.757. The predicted molar refractivity (Wildman–Crippen MR) is 62.9 cm³/mol. The van der Waals surface area contributed by atoms with Crippen LogP contribution < -0.4 is 0 Å². The van der Waals surface area contributed by atoms with Crippen molar-refractivity contribution in [3.63, 3.8) is 0 Å². The Hall–Kier alpha value is -1.13. The highest BCUT2D eigenvalue weighted by Crippen LogP contribution is 2.25. The number of likely N-dealkylation sites (tertiary alicyclic amines) is 1. The number of rotatable bonds is 1. The van der Waals surface area contributed by atoms with Crippen LogP contribution in [-0.2, 0) is 0 Å². The van der Waals surface area contributed by atoms with Crippen molar-refractivity contribution >= 4 is 17.2 Å². The zero-order valence-electron chi connectivity index (χ0n) is 9.10. The molecule has 1 saturated heterocycles. The highest BCUT2D eigenvalue weighted by molar-refractivity contribution is 6.33. The summed E-state index contributed by atoms with van der Waals surface area (Å²) in [5.41, 5.74) is 0.758. The van der Waals surface area contributed by atoms with Crippen LogP contribution in [0.3, 0.4) is 0 Å². The third-order valence-electron chi connectivity index (χ3n) is 3.09. The number of hydrogen-bond acceptors (Lipinski definition) is 3. The molecule has 16 heavy (non-hydrogen) atoms. The van der Waals surface area contributed by atoms with E-state index in [1.165, 1.54) is 0 Å². The van der Waals surface area contributed by atoms with Crippen LogP contribution in [0.5, 0.6) is 0 Å². The summed E-state index contributed by atoms with van der Waals surface area (Å²) >= 11 is 6.07. The normalized spacial score (nSPS) is 22.0. The highest BCUT2D eigenvalue weighted by atomic mass is 35.5. The van der Waals surface area contributed by atoms with Gasteiger partial charge in [0, 0.05) is 18.7 Å². The van der Waals surface area contributed by atoms with Crippen molar-refractivity contribution in [3.05, 3.63) is 29.2 Å². The maximum Gasteiger partial charge on any atom is 0.174 e. The second-order valence-electron chi connectivity index (χ2n) is 4.34. The lowest BCUT2D eigenvalue weighted by Gasteiger charge is -2.05. The van der Waals surface area contributed by atoms with E-state index in [1.807, 2.05) is 18.3 Å². The van der Waals surface area contributed by atoms with E-state index in [0.717, 1.165) is 31.0 Å². The molecule has 0 bridgehead atoms. The van der Waals surface area contributed by atoms with Gasteiger partial charge >= 0.3 is 0 Å². The van der Waals surface area contributed by atoms with Crippen LogP contribution >= 0.6 is 11.6 Å². The van der Waals surface area contributed by atoms with E-state index >= 15 is 0 Å².